The van der Waals surface area contributed by atoms with Crippen LogP contribution in [0.5, 0.6) is 0 Å². The molecule has 2 heteroatoms. The van der Waals surface area contributed by atoms with Crippen LogP contribution >= 0.6 is 0 Å². The number of anilines is 2. The van der Waals surface area contributed by atoms with Gasteiger partial charge in [-0.05, 0) is 34.4 Å². The summed E-state index contributed by atoms with van der Waals surface area (Å²) in [6.07, 6.45) is 0. The fraction of sp³-hybridized carbons (Fsp3) is 0. The monoisotopic (exact) mass is 336 g/mol. The molecule has 0 unspecified atom stereocenters. The number of hydrogen-bond acceptors (Lipinski definition) is 2. The quantitative estimate of drug-likeness (QED) is 0.461. The highest BCUT2D eigenvalue weighted by Gasteiger charge is 2.17. The van der Waals surface area contributed by atoms with Gasteiger partial charge in [-0.25, -0.2) is 0 Å². The molecule has 0 saturated carbocycles. The van der Waals surface area contributed by atoms with Gasteiger partial charge >= 0.3 is 0 Å². The van der Waals surface area contributed by atoms with E-state index in [1.54, 1.807) is 0 Å². The van der Waals surface area contributed by atoms with Crippen molar-refractivity contribution in [3.63, 3.8) is 0 Å². The fourth-order valence-electron chi connectivity index (χ4n) is 3.41. The largest absolute Gasteiger partial charge is 0.398 e. The zero-order valence-electron chi connectivity index (χ0n) is 14.4. The lowest BCUT2D eigenvalue weighted by molar-refractivity contribution is 1.55. The lowest BCUT2D eigenvalue weighted by atomic mass is 9.87. The van der Waals surface area contributed by atoms with E-state index >= 15 is 0 Å². The van der Waals surface area contributed by atoms with Crippen molar-refractivity contribution in [1.82, 2.24) is 0 Å². The Bertz CT molecular complexity index is 951. The fourth-order valence-corrected chi connectivity index (χ4v) is 3.41. The van der Waals surface area contributed by atoms with Gasteiger partial charge in [0.2, 0.25) is 0 Å². The summed E-state index contributed by atoms with van der Waals surface area (Å²) in [5, 5.41) is 0. The molecule has 0 saturated heterocycles. The van der Waals surface area contributed by atoms with Gasteiger partial charge in [-0.3, -0.25) is 0 Å². The van der Waals surface area contributed by atoms with E-state index in [1.807, 2.05) is 60.7 Å². The molecule has 0 spiro atoms. The van der Waals surface area contributed by atoms with Crippen molar-refractivity contribution in [2.24, 2.45) is 0 Å². The van der Waals surface area contributed by atoms with E-state index in [4.69, 9.17) is 11.5 Å². The smallest absolute Gasteiger partial charge is 0.0401 e. The van der Waals surface area contributed by atoms with Crippen molar-refractivity contribution < 1.29 is 0 Å². The first-order chi connectivity index (χ1) is 12.8. The predicted molar refractivity (Wildman–Crippen MR) is 112 cm³/mol. The normalized spacial score (nSPS) is 10.6. The molecule has 4 aromatic carbocycles. The number of nitrogens with two attached hydrogens (primary N) is 2. The van der Waals surface area contributed by atoms with Crippen molar-refractivity contribution in [2.45, 2.75) is 0 Å². The van der Waals surface area contributed by atoms with Crippen LogP contribution < -0.4 is 11.5 Å². The molecule has 0 aliphatic rings. The Morgan fingerprint density at radius 1 is 0.385 bits per heavy atom. The summed E-state index contributed by atoms with van der Waals surface area (Å²) in [7, 11) is 0. The van der Waals surface area contributed by atoms with Crippen LogP contribution in [0.2, 0.25) is 0 Å². The highest BCUT2D eigenvalue weighted by Crippen LogP contribution is 2.44. The van der Waals surface area contributed by atoms with Crippen LogP contribution in [0.3, 0.4) is 0 Å². The van der Waals surface area contributed by atoms with Crippen LogP contribution in [0.1, 0.15) is 0 Å². The lowest BCUT2D eigenvalue weighted by Gasteiger charge is -2.18. The Hall–Kier alpha value is -3.52. The Morgan fingerprint density at radius 2 is 0.769 bits per heavy atom. The third-order valence-electron chi connectivity index (χ3n) is 4.61. The van der Waals surface area contributed by atoms with E-state index in [1.165, 1.54) is 0 Å². The molecule has 0 aliphatic carbocycles. The summed E-state index contributed by atoms with van der Waals surface area (Å²) >= 11 is 0. The van der Waals surface area contributed by atoms with Crippen molar-refractivity contribution >= 4 is 11.4 Å². The predicted octanol–water partition coefficient (Wildman–Crippen LogP) is 5.85. The van der Waals surface area contributed by atoms with Gasteiger partial charge in [-0.2, -0.15) is 0 Å². The highest BCUT2D eigenvalue weighted by atomic mass is 14.6. The second-order valence-corrected chi connectivity index (χ2v) is 6.27. The van der Waals surface area contributed by atoms with Crippen LogP contribution in [-0.4, -0.2) is 0 Å². The minimum atomic E-state index is 0.724. The van der Waals surface area contributed by atoms with Gasteiger partial charge in [0.1, 0.15) is 0 Å². The maximum atomic E-state index is 6.45. The Kier molecular flexibility index (Phi) is 4.16. The first-order valence-corrected chi connectivity index (χ1v) is 8.64. The van der Waals surface area contributed by atoms with Crippen molar-refractivity contribution in [3.8, 4) is 33.4 Å². The SMILES string of the molecule is Nc1cccc(-c2ccccc2)c1-c1c(N)cccc1-c1ccccc1. The summed E-state index contributed by atoms with van der Waals surface area (Å²) in [4.78, 5) is 0. The van der Waals surface area contributed by atoms with E-state index in [-0.39, 0.29) is 0 Å². The molecule has 0 aliphatic heterocycles. The minimum Gasteiger partial charge on any atom is -0.398 e. The molecule has 0 radical (unpaired) electrons. The first-order valence-electron chi connectivity index (χ1n) is 8.64. The molecule has 0 bridgehead atoms. The molecule has 2 nitrogen and oxygen atoms in total. The van der Waals surface area contributed by atoms with E-state index in [9.17, 15) is 0 Å². The van der Waals surface area contributed by atoms with Crippen molar-refractivity contribution in [2.75, 3.05) is 11.5 Å². The number of rotatable bonds is 3. The topological polar surface area (TPSA) is 52.0 Å². The summed E-state index contributed by atoms with van der Waals surface area (Å²) in [6, 6.07) is 32.6. The summed E-state index contributed by atoms with van der Waals surface area (Å²) < 4.78 is 0. The molecular weight excluding hydrogens is 316 g/mol. The molecule has 26 heavy (non-hydrogen) atoms. The van der Waals surface area contributed by atoms with Gasteiger partial charge < -0.3 is 11.5 Å². The maximum Gasteiger partial charge on any atom is 0.0401 e. The van der Waals surface area contributed by atoms with E-state index in [2.05, 4.69) is 36.4 Å². The lowest BCUT2D eigenvalue weighted by Crippen LogP contribution is -1.99. The molecule has 0 amide bonds. The molecule has 126 valence electrons. The number of benzene rings is 4. The molecule has 4 aromatic rings. The molecule has 0 atom stereocenters. The van der Waals surface area contributed by atoms with Gasteiger partial charge in [-0.15, -0.1) is 0 Å². The van der Waals surface area contributed by atoms with Crippen LogP contribution in [0.15, 0.2) is 97.1 Å². The molecule has 4 rings (SSSR count). The highest BCUT2D eigenvalue weighted by molar-refractivity contribution is 6.01. The van der Waals surface area contributed by atoms with Crippen molar-refractivity contribution in [1.29, 1.82) is 0 Å². The van der Waals surface area contributed by atoms with E-state index < -0.39 is 0 Å². The molecule has 0 heterocycles. The second kappa shape index (κ2) is 6.77. The second-order valence-electron chi connectivity index (χ2n) is 6.27. The first kappa shape index (κ1) is 16.0. The Morgan fingerprint density at radius 3 is 1.15 bits per heavy atom. The van der Waals surface area contributed by atoms with E-state index in [0.717, 1.165) is 44.8 Å². The maximum absolute atomic E-state index is 6.45. The summed E-state index contributed by atoms with van der Waals surface area (Å²) in [6.45, 7) is 0. The Labute approximate surface area is 153 Å². The molecule has 0 aromatic heterocycles. The van der Waals surface area contributed by atoms with Crippen LogP contribution in [-0.2, 0) is 0 Å². The Balaban J connectivity index is 2.04. The van der Waals surface area contributed by atoms with Crippen LogP contribution in [0.25, 0.3) is 33.4 Å². The molecule has 0 fully saturated rings. The summed E-state index contributed by atoms with van der Waals surface area (Å²) in [5.41, 5.74) is 20.7. The van der Waals surface area contributed by atoms with Gasteiger partial charge in [-0.1, -0.05) is 84.9 Å². The zero-order valence-corrected chi connectivity index (χ0v) is 14.4. The number of nitrogen functional groups attached to an aromatic ring is 2. The third-order valence-corrected chi connectivity index (χ3v) is 4.61. The zero-order chi connectivity index (χ0) is 17.9. The average molecular weight is 336 g/mol. The van der Waals surface area contributed by atoms with Crippen molar-refractivity contribution in [3.05, 3.63) is 97.1 Å². The number of hydrogen-bond donors (Lipinski definition) is 2. The molecular formula is C24H20N2. The minimum absolute atomic E-state index is 0.724. The van der Waals surface area contributed by atoms with Gasteiger partial charge in [0.05, 0.1) is 0 Å². The van der Waals surface area contributed by atoms with E-state index in [0.29, 0.717) is 0 Å². The standard InChI is InChI=1S/C24H20N2/c25-21-15-7-13-19(17-9-3-1-4-10-17)23(21)24-20(14-8-16-22(24)26)18-11-5-2-6-12-18/h1-16H,25-26H2. The van der Waals surface area contributed by atoms with Gasteiger partial charge in [0, 0.05) is 22.5 Å². The average Bonchev–Trinajstić information content (AvgIpc) is 2.69. The van der Waals surface area contributed by atoms with Crippen LogP contribution in [0.4, 0.5) is 11.4 Å². The van der Waals surface area contributed by atoms with Crippen LogP contribution in [0, 0.1) is 0 Å². The molecule has 4 N–H and O–H groups in total. The third kappa shape index (κ3) is 2.82. The van der Waals surface area contributed by atoms with Gasteiger partial charge in [0.15, 0.2) is 0 Å². The summed E-state index contributed by atoms with van der Waals surface area (Å²) in [5.74, 6) is 0. The van der Waals surface area contributed by atoms with Gasteiger partial charge in [0.25, 0.3) is 0 Å².